The molecule has 2 atom stereocenters. The number of amides is 1. The molecule has 0 aliphatic carbocycles. The molecular formula is C22H26Cl2N2O3S. The van der Waals surface area contributed by atoms with Crippen LogP contribution in [0.2, 0.25) is 10.0 Å². The first kappa shape index (κ1) is 23.1. The third-order valence-electron chi connectivity index (χ3n) is 5.00. The van der Waals surface area contributed by atoms with E-state index in [9.17, 15) is 4.79 Å². The number of nitrogens with zero attached hydrogens (tertiary/aromatic N) is 1. The second-order valence-corrected chi connectivity index (χ2v) is 8.60. The molecule has 1 heterocycles. The fraction of sp³-hybridized carbons (Fsp3) is 0.409. The summed E-state index contributed by atoms with van der Waals surface area (Å²) in [6.45, 7) is 3.09. The Morgan fingerprint density at radius 2 is 1.63 bits per heavy atom. The molecule has 2 aromatic carbocycles. The molecule has 162 valence electrons. The fourth-order valence-corrected chi connectivity index (χ4v) is 4.06. The Kier molecular flexibility index (Phi) is 9.00. The molecule has 1 fully saturated rings. The number of likely N-dealkylation sites (tertiary alicyclic amines) is 1. The molecule has 30 heavy (non-hydrogen) atoms. The number of carbonyl (C=O) groups excluding carboxylic acids is 1. The fourth-order valence-electron chi connectivity index (χ4n) is 3.33. The lowest BCUT2D eigenvalue weighted by Gasteiger charge is -2.24. The van der Waals surface area contributed by atoms with E-state index in [1.165, 1.54) is 0 Å². The average Bonchev–Trinajstić information content (AvgIpc) is 3.10. The second kappa shape index (κ2) is 11.7. The average molecular weight is 469 g/mol. The number of rotatable bonds is 10. The van der Waals surface area contributed by atoms with Gasteiger partial charge < -0.3 is 14.8 Å². The van der Waals surface area contributed by atoms with Gasteiger partial charge in [0.25, 0.3) is 5.91 Å². The number of ether oxygens (including phenoxy) is 2. The van der Waals surface area contributed by atoms with E-state index >= 15 is 0 Å². The van der Waals surface area contributed by atoms with Crippen LogP contribution in [0.15, 0.2) is 48.5 Å². The van der Waals surface area contributed by atoms with Gasteiger partial charge in [-0.05, 0) is 67.9 Å². The van der Waals surface area contributed by atoms with Crippen LogP contribution >= 0.6 is 35.8 Å². The molecule has 0 saturated carbocycles. The van der Waals surface area contributed by atoms with Crippen LogP contribution in [0.3, 0.4) is 0 Å². The molecule has 2 aromatic rings. The molecule has 0 bridgehead atoms. The van der Waals surface area contributed by atoms with Gasteiger partial charge in [0.1, 0.15) is 11.5 Å². The maximum atomic E-state index is 12.1. The largest absolute Gasteiger partial charge is 0.494 e. The summed E-state index contributed by atoms with van der Waals surface area (Å²) in [6.07, 6.45) is 1.91. The van der Waals surface area contributed by atoms with Crippen LogP contribution in [-0.2, 0) is 4.79 Å². The number of thiol groups is 1. The van der Waals surface area contributed by atoms with Gasteiger partial charge >= 0.3 is 0 Å². The molecular weight excluding hydrogens is 443 g/mol. The van der Waals surface area contributed by atoms with Crippen molar-refractivity contribution in [3.05, 3.63) is 58.6 Å². The standard InChI is InChI=1S/C22H26Cl2N2O3S/c23-17-2-6-19(7-3-17)28-13-1-11-26-12-10-16(22(26)30)14-25-21(27)15-29-20-8-4-18(24)5-9-20/h2-9,16,22,30H,1,10-15H2,(H,25,27)/t16-,22?/m0/s1. The van der Waals surface area contributed by atoms with E-state index in [0.717, 1.165) is 31.7 Å². The molecule has 8 heteroatoms. The third kappa shape index (κ3) is 7.27. The Bertz CT molecular complexity index is 805. The first-order valence-corrected chi connectivity index (χ1v) is 11.2. The van der Waals surface area contributed by atoms with E-state index in [1.807, 2.05) is 24.3 Å². The third-order valence-corrected chi connectivity index (χ3v) is 6.25. The lowest BCUT2D eigenvalue weighted by molar-refractivity contribution is -0.123. The van der Waals surface area contributed by atoms with Crippen LogP contribution in [0.1, 0.15) is 12.8 Å². The summed E-state index contributed by atoms with van der Waals surface area (Å²) < 4.78 is 11.2. The minimum Gasteiger partial charge on any atom is -0.494 e. The highest BCUT2D eigenvalue weighted by Crippen LogP contribution is 2.26. The summed E-state index contributed by atoms with van der Waals surface area (Å²) in [5.74, 6) is 1.62. The maximum absolute atomic E-state index is 12.1. The number of hydrogen-bond acceptors (Lipinski definition) is 5. The van der Waals surface area contributed by atoms with Gasteiger partial charge in [0.2, 0.25) is 0 Å². The van der Waals surface area contributed by atoms with Crippen molar-refractivity contribution in [3.63, 3.8) is 0 Å². The minimum atomic E-state index is -0.139. The molecule has 5 nitrogen and oxygen atoms in total. The van der Waals surface area contributed by atoms with Crippen LogP contribution in [0, 0.1) is 5.92 Å². The van der Waals surface area contributed by atoms with Crippen molar-refractivity contribution < 1.29 is 14.3 Å². The summed E-state index contributed by atoms with van der Waals surface area (Å²) in [5.41, 5.74) is 0. The lowest BCUT2D eigenvalue weighted by atomic mass is 10.1. The monoisotopic (exact) mass is 468 g/mol. The van der Waals surface area contributed by atoms with Crippen LogP contribution in [0.5, 0.6) is 11.5 Å². The Morgan fingerprint density at radius 1 is 1.03 bits per heavy atom. The van der Waals surface area contributed by atoms with E-state index in [-0.39, 0.29) is 17.9 Å². The number of halogens is 2. The van der Waals surface area contributed by atoms with Gasteiger partial charge in [-0.1, -0.05) is 23.2 Å². The molecule has 0 aromatic heterocycles. The van der Waals surface area contributed by atoms with Gasteiger partial charge in [0, 0.05) is 29.1 Å². The van der Waals surface area contributed by atoms with E-state index in [2.05, 4.69) is 10.2 Å². The SMILES string of the molecule is O=C(COc1ccc(Cl)cc1)NC[C@@H]1CCN(CCCOc2ccc(Cl)cc2)C1S. The van der Waals surface area contributed by atoms with Gasteiger partial charge in [0.15, 0.2) is 6.61 Å². The van der Waals surface area contributed by atoms with Gasteiger partial charge in [-0.25, -0.2) is 0 Å². The molecule has 1 unspecified atom stereocenters. The Hall–Kier alpha value is -1.60. The van der Waals surface area contributed by atoms with Gasteiger partial charge in [-0.3, -0.25) is 9.69 Å². The second-order valence-electron chi connectivity index (χ2n) is 7.20. The van der Waals surface area contributed by atoms with Crippen molar-refractivity contribution in [2.45, 2.75) is 18.2 Å². The molecule has 1 saturated heterocycles. The van der Waals surface area contributed by atoms with Crippen molar-refractivity contribution in [1.82, 2.24) is 10.2 Å². The predicted molar refractivity (Wildman–Crippen MR) is 124 cm³/mol. The summed E-state index contributed by atoms with van der Waals surface area (Å²) >= 11 is 16.5. The van der Waals surface area contributed by atoms with Crippen molar-refractivity contribution in [2.24, 2.45) is 5.92 Å². The number of hydrogen-bond donors (Lipinski definition) is 2. The van der Waals surface area contributed by atoms with E-state index < -0.39 is 0 Å². The van der Waals surface area contributed by atoms with Crippen LogP contribution in [0.4, 0.5) is 0 Å². The zero-order valence-electron chi connectivity index (χ0n) is 16.6. The summed E-state index contributed by atoms with van der Waals surface area (Å²) in [5, 5.41) is 4.41. The van der Waals surface area contributed by atoms with Crippen LogP contribution in [-0.4, -0.2) is 49.0 Å². The molecule has 0 radical (unpaired) electrons. The van der Waals surface area contributed by atoms with E-state index in [4.69, 9.17) is 45.3 Å². The van der Waals surface area contributed by atoms with Crippen molar-refractivity contribution in [3.8, 4) is 11.5 Å². The van der Waals surface area contributed by atoms with Gasteiger partial charge in [0.05, 0.1) is 12.0 Å². The first-order valence-electron chi connectivity index (χ1n) is 9.97. The molecule has 3 rings (SSSR count). The normalized spacial score (nSPS) is 18.9. The highest BCUT2D eigenvalue weighted by Gasteiger charge is 2.31. The van der Waals surface area contributed by atoms with Gasteiger partial charge in [-0.2, -0.15) is 12.6 Å². The number of carbonyl (C=O) groups is 1. The minimum absolute atomic E-state index is 0.0165. The Balaban J connectivity index is 1.30. The van der Waals surface area contributed by atoms with Crippen LogP contribution in [0.25, 0.3) is 0 Å². The summed E-state index contributed by atoms with van der Waals surface area (Å²) in [6, 6.07) is 14.3. The maximum Gasteiger partial charge on any atom is 0.257 e. The van der Waals surface area contributed by atoms with Crippen molar-refractivity contribution in [2.75, 3.05) is 32.8 Å². The smallest absolute Gasteiger partial charge is 0.257 e. The quantitative estimate of drug-likeness (QED) is 0.397. The summed E-state index contributed by atoms with van der Waals surface area (Å²) in [4.78, 5) is 14.4. The first-order chi connectivity index (χ1) is 14.5. The topological polar surface area (TPSA) is 50.8 Å². The van der Waals surface area contributed by atoms with E-state index in [1.54, 1.807) is 24.3 Å². The predicted octanol–water partition coefficient (Wildman–Crippen LogP) is 4.54. The van der Waals surface area contributed by atoms with E-state index in [0.29, 0.717) is 34.9 Å². The molecule has 1 N–H and O–H groups in total. The van der Waals surface area contributed by atoms with Gasteiger partial charge in [-0.15, -0.1) is 0 Å². The number of benzene rings is 2. The number of nitrogens with one attached hydrogen (secondary N) is 1. The van der Waals surface area contributed by atoms with Crippen molar-refractivity contribution >= 4 is 41.7 Å². The Labute approximate surface area is 193 Å². The van der Waals surface area contributed by atoms with Crippen LogP contribution < -0.4 is 14.8 Å². The highest BCUT2D eigenvalue weighted by molar-refractivity contribution is 7.80. The molecule has 0 spiro atoms. The van der Waals surface area contributed by atoms with Crippen molar-refractivity contribution in [1.29, 1.82) is 0 Å². The lowest BCUT2D eigenvalue weighted by Crippen LogP contribution is -2.37. The molecule has 1 aliphatic rings. The molecule has 1 aliphatic heterocycles. The highest BCUT2D eigenvalue weighted by atomic mass is 35.5. The Morgan fingerprint density at radius 3 is 2.27 bits per heavy atom. The zero-order valence-corrected chi connectivity index (χ0v) is 19.0. The summed E-state index contributed by atoms with van der Waals surface area (Å²) in [7, 11) is 0. The molecule has 1 amide bonds. The zero-order chi connectivity index (χ0) is 21.3.